The molecule has 1 rings (SSSR count). The Balaban J connectivity index is 0.00000225. The fraction of sp³-hybridized carbons (Fsp3) is 0.750. The van der Waals surface area contributed by atoms with E-state index in [1.54, 1.807) is 0 Å². The van der Waals surface area contributed by atoms with Gasteiger partial charge in [0.25, 0.3) is 0 Å². The highest BCUT2D eigenvalue weighted by molar-refractivity contribution is 5.85. The molecule has 1 amide bonds. The van der Waals surface area contributed by atoms with E-state index in [9.17, 15) is 4.79 Å². The minimum absolute atomic E-state index is 0. The number of hydrogen-bond donors (Lipinski definition) is 2. The molecule has 1 aliphatic rings. The molecule has 3 atom stereocenters. The molecule has 1 heterocycles. The van der Waals surface area contributed by atoms with Gasteiger partial charge in [0.05, 0.1) is 5.92 Å². The Hall–Kier alpha value is -0.540. The van der Waals surface area contributed by atoms with E-state index in [-0.39, 0.29) is 30.3 Å². The summed E-state index contributed by atoms with van der Waals surface area (Å²) >= 11 is 0. The molecule has 1 aliphatic heterocycles. The molecular formula is C12H23ClN2O. The van der Waals surface area contributed by atoms with Crippen LogP contribution in [-0.2, 0) is 4.79 Å². The zero-order valence-corrected chi connectivity index (χ0v) is 11.0. The Bertz CT molecular complexity index is 233. The first kappa shape index (κ1) is 15.5. The van der Waals surface area contributed by atoms with Gasteiger partial charge in [0.15, 0.2) is 0 Å². The second-order valence-electron chi connectivity index (χ2n) is 4.43. The van der Waals surface area contributed by atoms with Gasteiger partial charge in [-0.3, -0.25) is 4.79 Å². The number of rotatable bonds is 4. The van der Waals surface area contributed by atoms with Crippen molar-refractivity contribution in [1.29, 1.82) is 0 Å². The molecule has 0 aromatic rings. The summed E-state index contributed by atoms with van der Waals surface area (Å²) in [5.41, 5.74) is 0. The SMILES string of the molecule is C=CCC(C)NC(=O)[C@@H]1CCCN[C@@H]1C.Cl. The Morgan fingerprint density at radius 2 is 2.38 bits per heavy atom. The zero-order chi connectivity index (χ0) is 11.3. The van der Waals surface area contributed by atoms with Gasteiger partial charge >= 0.3 is 0 Å². The van der Waals surface area contributed by atoms with Crippen molar-refractivity contribution in [2.45, 2.75) is 45.2 Å². The van der Waals surface area contributed by atoms with Gasteiger partial charge in [0.2, 0.25) is 5.91 Å². The molecule has 94 valence electrons. The van der Waals surface area contributed by atoms with Crippen molar-refractivity contribution in [3.8, 4) is 0 Å². The van der Waals surface area contributed by atoms with Crippen molar-refractivity contribution in [2.75, 3.05) is 6.54 Å². The monoisotopic (exact) mass is 246 g/mol. The summed E-state index contributed by atoms with van der Waals surface area (Å²) < 4.78 is 0. The van der Waals surface area contributed by atoms with Crippen LogP contribution in [0, 0.1) is 5.92 Å². The van der Waals surface area contributed by atoms with Crippen molar-refractivity contribution >= 4 is 18.3 Å². The van der Waals surface area contributed by atoms with E-state index in [4.69, 9.17) is 0 Å². The van der Waals surface area contributed by atoms with E-state index in [1.165, 1.54) is 0 Å². The maximum Gasteiger partial charge on any atom is 0.224 e. The number of piperidine rings is 1. The maximum absolute atomic E-state index is 11.9. The summed E-state index contributed by atoms with van der Waals surface area (Å²) in [5.74, 6) is 0.315. The second kappa shape index (κ2) is 7.69. The average molecular weight is 247 g/mol. The van der Waals surface area contributed by atoms with Crippen LogP contribution in [-0.4, -0.2) is 24.5 Å². The first-order valence-corrected chi connectivity index (χ1v) is 5.79. The van der Waals surface area contributed by atoms with E-state index >= 15 is 0 Å². The van der Waals surface area contributed by atoms with Crippen molar-refractivity contribution in [1.82, 2.24) is 10.6 Å². The van der Waals surface area contributed by atoms with Crippen molar-refractivity contribution in [3.05, 3.63) is 12.7 Å². The van der Waals surface area contributed by atoms with E-state index in [0.29, 0.717) is 6.04 Å². The first-order valence-electron chi connectivity index (χ1n) is 5.79. The molecule has 0 bridgehead atoms. The maximum atomic E-state index is 11.9. The molecule has 0 aliphatic carbocycles. The van der Waals surface area contributed by atoms with Crippen LogP contribution in [0.15, 0.2) is 12.7 Å². The van der Waals surface area contributed by atoms with Gasteiger partial charge in [0, 0.05) is 12.1 Å². The number of nitrogens with one attached hydrogen (secondary N) is 2. The highest BCUT2D eigenvalue weighted by Gasteiger charge is 2.27. The molecule has 3 nitrogen and oxygen atoms in total. The smallest absolute Gasteiger partial charge is 0.224 e. The predicted molar refractivity (Wildman–Crippen MR) is 69.9 cm³/mol. The molecule has 0 spiro atoms. The average Bonchev–Trinajstić information content (AvgIpc) is 2.18. The summed E-state index contributed by atoms with van der Waals surface area (Å²) in [5, 5.41) is 6.37. The Labute approximate surface area is 104 Å². The van der Waals surface area contributed by atoms with Gasteiger partial charge < -0.3 is 10.6 Å². The lowest BCUT2D eigenvalue weighted by molar-refractivity contribution is -0.127. The summed E-state index contributed by atoms with van der Waals surface area (Å²) in [4.78, 5) is 11.9. The summed E-state index contributed by atoms with van der Waals surface area (Å²) in [6.45, 7) is 8.81. The Morgan fingerprint density at radius 1 is 1.69 bits per heavy atom. The van der Waals surface area contributed by atoms with Crippen LogP contribution in [0.2, 0.25) is 0 Å². The second-order valence-corrected chi connectivity index (χ2v) is 4.43. The highest BCUT2D eigenvalue weighted by Crippen LogP contribution is 2.16. The van der Waals surface area contributed by atoms with Crippen molar-refractivity contribution in [2.24, 2.45) is 5.92 Å². The number of halogens is 1. The molecule has 0 aromatic heterocycles. The molecule has 1 unspecified atom stereocenters. The summed E-state index contributed by atoms with van der Waals surface area (Å²) in [6.07, 6.45) is 4.77. The van der Waals surface area contributed by atoms with Crippen LogP contribution in [0.4, 0.5) is 0 Å². The number of carbonyl (C=O) groups excluding carboxylic acids is 1. The number of amides is 1. The van der Waals surface area contributed by atoms with Crippen LogP contribution in [0.1, 0.15) is 33.1 Å². The van der Waals surface area contributed by atoms with Crippen molar-refractivity contribution < 1.29 is 4.79 Å². The van der Waals surface area contributed by atoms with E-state index in [2.05, 4.69) is 24.1 Å². The topological polar surface area (TPSA) is 41.1 Å². The molecule has 0 saturated carbocycles. The van der Waals surface area contributed by atoms with E-state index in [1.807, 2.05) is 13.0 Å². The van der Waals surface area contributed by atoms with Gasteiger partial charge in [0.1, 0.15) is 0 Å². The summed E-state index contributed by atoms with van der Waals surface area (Å²) in [6, 6.07) is 0.499. The molecule has 0 radical (unpaired) electrons. The molecule has 4 heteroatoms. The standard InChI is InChI=1S/C12H22N2O.ClH/c1-4-6-9(2)14-12(15)11-7-5-8-13-10(11)3;/h4,9-11,13H,1,5-8H2,2-3H3,(H,14,15);1H/t9?,10-,11-;/m1./s1. The third-order valence-electron chi connectivity index (χ3n) is 3.01. The van der Waals surface area contributed by atoms with E-state index < -0.39 is 0 Å². The molecule has 2 N–H and O–H groups in total. The lowest BCUT2D eigenvalue weighted by Crippen LogP contribution is -2.48. The van der Waals surface area contributed by atoms with Crippen molar-refractivity contribution in [3.63, 3.8) is 0 Å². The Kier molecular flexibility index (Phi) is 7.43. The molecular weight excluding hydrogens is 224 g/mol. The highest BCUT2D eigenvalue weighted by atomic mass is 35.5. The third-order valence-corrected chi connectivity index (χ3v) is 3.01. The van der Waals surface area contributed by atoms with Crippen LogP contribution in [0.25, 0.3) is 0 Å². The van der Waals surface area contributed by atoms with Gasteiger partial charge in [-0.2, -0.15) is 0 Å². The van der Waals surface area contributed by atoms with Gasteiger partial charge in [-0.1, -0.05) is 6.08 Å². The van der Waals surface area contributed by atoms with Crippen LogP contribution in [0.5, 0.6) is 0 Å². The molecule has 0 aromatic carbocycles. The largest absolute Gasteiger partial charge is 0.353 e. The van der Waals surface area contributed by atoms with Crippen LogP contribution in [0.3, 0.4) is 0 Å². The summed E-state index contributed by atoms with van der Waals surface area (Å²) in [7, 11) is 0. The fourth-order valence-electron chi connectivity index (χ4n) is 2.06. The lowest BCUT2D eigenvalue weighted by atomic mass is 9.91. The minimum atomic E-state index is 0. The molecule has 1 saturated heterocycles. The van der Waals surface area contributed by atoms with Crippen LogP contribution >= 0.6 is 12.4 Å². The van der Waals surface area contributed by atoms with Gasteiger partial charge in [-0.15, -0.1) is 19.0 Å². The minimum Gasteiger partial charge on any atom is -0.353 e. The van der Waals surface area contributed by atoms with E-state index in [0.717, 1.165) is 25.8 Å². The predicted octanol–water partition coefficient (Wildman–Crippen LogP) is 1.88. The number of hydrogen-bond acceptors (Lipinski definition) is 2. The van der Waals surface area contributed by atoms with Gasteiger partial charge in [-0.05, 0) is 39.7 Å². The number of carbonyl (C=O) groups is 1. The van der Waals surface area contributed by atoms with Gasteiger partial charge in [-0.25, -0.2) is 0 Å². The molecule has 1 fully saturated rings. The fourth-order valence-corrected chi connectivity index (χ4v) is 2.06. The third kappa shape index (κ3) is 4.54. The Morgan fingerprint density at radius 3 is 2.94 bits per heavy atom. The quantitative estimate of drug-likeness (QED) is 0.744. The first-order chi connectivity index (χ1) is 7.15. The molecule has 16 heavy (non-hydrogen) atoms. The zero-order valence-electron chi connectivity index (χ0n) is 10.2. The van der Waals surface area contributed by atoms with Crippen LogP contribution < -0.4 is 10.6 Å². The lowest BCUT2D eigenvalue weighted by Gasteiger charge is -2.29. The normalized spacial score (nSPS) is 26.4.